The van der Waals surface area contributed by atoms with Gasteiger partial charge in [-0.25, -0.2) is 8.42 Å². The first-order chi connectivity index (χ1) is 11.5. The van der Waals surface area contributed by atoms with Gasteiger partial charge < -0.3 is 4.90 Å². The lowest BCUT2D eigenvalue weighted by Crippen LogP contribution is -2.73. The molecule has 2 atom stereocenters. The van der Waals surface area contributed by atoms with Crippen LogP contribution in [-0.2, 0) is 9.84 Å². The van der Waals surface area contributed by atoms with E-state index in [4.69, 9.17) is 0 Å². The van der Waals surface area contributed by atoms with Crippen LogP contribution in [-0.4, -0.2) is 44.0 Å². The van der Waals surface area contributed by atoms with Crippen molar-refractivity contribution in [3.63, 3.8) is 0 Å². The summed E-state index contributed by atoms with van der Waals surface area (Å²) in [7, 11) is 0.933. The monoisotopic (exact) mass is 339 g/mol. The summed E-state index contributed by atoms with van der Waals surface area (Å²) in [6, 6.07) is 17.0. The SMILES string of the molecule is CN(C)[C@@H]1CS(=O)(=O)[C@]12CC1c3ccccc3C2c2ccccc21. The lowest BCUT2D eigenvalue weighted by atomic mass is 9.56. The van der Waals surface area contributed by atoms with Crippen LogP contribution in [0.5, 0.6) is 0 Å². The maximum absolute atomic E-state index is 13.1. The van der Waals surface area contributed by atoms with E-state index in [1.165, 1.54) is 22.3 Å². The molecule has 4 heteroatoms. The van der Waals surface area contributed by atoms with Crippen molar-refractivity contribution in [1.29, 1.82) is 0 Å². The average Bonchev–Trinajstić information content (AvgIpc) is 2.59. The molecule has 0 amide bonds. The Hall–Kier alpha value is -1.65. The molecule has 6 rings (SSSR count). The van der Waals surface area contributed by atoms with Gasteiger partial charge in [0.25, 0.3) is 0 Å². The minimum absolute atomic E-state index is 0.0407. The number of rotatable bonds is 1. The first-order valence-corrected chi connectivity index (χ1v) is 10.2. The number of hydrogen-bond acceptors (Lipinski definition) is 3. The Bertz CT molecular complexity index is 902. The van der Waals surface area contributed by atoms with E-state index in [2.05, 4.69) is 41.3 Å². The normalized spacial score (nSPS) is 34.7. The van der Waals surface area contributed by atoms with Gasteiger partial charge in [-0.3, -0.25) is 0 Å². The van der Waals surface area contributed by atoms with Crippen LogP contribution in [0.2, 0.25) is 0 Å². The van der Waals surface area contributed by atoms with Crippen LogP contribution in [0.3, 0.4) is 0 Å². The molecule has 0 aromatic heterocycles. The number of benzene rings is 2. The maximum Gasteiger partial charge on any atom is 0.160 e. The highest BCUT2D eigenvalue weighted by Gasteiger charge is 2.69. The fourth-order valence-corrected chi connectivity index (χ4v) is 8.30. The van der Waals surface area contributed by atoms with Crippen molar-refractivity contribution in [1.82, 2.24) is 4.90 Å². The van der Waals surface area contributed by atoms with Gasteiger partial charge in [0.1, 0.15) is 4.75 Å². The molecule has 1 heterocycles. The Labute approximate surface area is 143 Å². The van der Waals surface area contributed by atoms with Crippen LogP contribution in [0.15, 0.2) is 48.5 Å². The molecule has 1 saturated heterocycles. The molecule has 4 aliphatic rings. The summed E-state index contributed by atoms with van der Waals surface area (Å²) in [6.45, 7) is 0. The third kappa shape index (κ3) is 1.50. The smallest absolute Gasteiger partial charge is 0.160 e. The van der Waals surface area contributed by atoms with Gasteiger partial charge in [0.2, 0.25) is 0 Å². The molecule has 0 radical (unpaired) electrons. The molecule has 2 aromatic rings. The lowest BCUT2D eigenvalue weighted by Gasteiger charge is -2.61. The van der Waals surface area contributed by atoms with Crippen molar-refractivity contribution >= 4 is 9.84 Å². The lowest BCUT2D eigenvalue weighted by molar-refractivity contribution is 0.173. The zero-order valence-corrected chi connectivity index (χ0v) is 14.8. The van der Waals surface area contributed by atoms with Gasteiger partial charge in [-0.2, -0.15) is 0 Å². The average molecular weight is 339 g/mol. The fourth-order valence-electron chi connectivity index (χ4n) is 5.53. The molecule has 124 valence electrons. The Balaban J connectivity index is 1.84. The highest BCUT2D eigenvalue weighted by Crippen LogP contribution is 2.64. The molecule has 24 heavy (non-hydrogen) atoms. The van der Waals surface area contributed by atoms with E-state index in [1.54, 1.807) is 0 Å². The number of hydrogen-bond donors (Lipinski definition) is 0. The summed E-state index contributed by atoms with van der Waals surface area (Å²) >= 11 is 0. The predicted molar refractivity (Wildman–Crippen MR) is 95.2 cm³/mol. The second-order valence-corrected chi connectivity index (χ2v) is 9.99. The summed E-state index contributed by atoms with van der Waals surface area (Å²) in [4.78, 5) is 2.12. The van der Waals surface area contributed by atoms with Gasteiger partial charge in [0, 0.05) is 17.9 Å². The highest BCUT2D eigenvalue weighted by atomic mass is 32.2. The van der Waals surface area contributed by atoms with Gasteiger partial charge in [-0.1, -0.05) is 48.5 Å². The Kier molecular flexibility index (Phi) is 2.75. The first kappa shape index (κ1) is 14.7. The third-order valence-corrected chi connectivity index (χ3v) is 9.11. The molecule has 3 nitrogen and oxygen atoms in total. The van der Waals surface area contributed by atoms with E-state index >= 15 is 0 Å². The Morgan fingerprint density at radius 1 is 0.917 bits per heavy atom. The van der Waals surface area contributed by atoms with Crippen molar-refractivity contribution in [3.8, 4) is 0 Å². The van der Waals surface area contributed by atoms with Crippen LogP contribution in [0, 0.1) is 0 Å². The third-order valence-electron chi connectivity index (χ3n) is 6.52. The van der Waals surface area contributed by atoms with Crippen LogP contribution in [0.1, 0.15) is 40.5 Å². The first-order valence-electron chi connectivity index (χ1n) is 8.54. The van der Waals surface area contributed by atoms with E-state index in [1.807, 2.05) is 26.2 Å². The molecule has 1 aliphatic heterocycles. The maximum atomic E-state index is 13.1. The van der Waals surface area contributed by atoms with Crippen molar-refractivity contribution < 1.29 is 8.42 Å². The predicted octanol–water partition coefficient (Wildman–Crippen LogP) is 2.76. The van der Waals surface area contributed by atoms with E-state index in [0.29, 0.717) is 0 Å². The van der Waals surface area contributed by atoms with Gasteiger partial charge in [0.15, 0.2) is 9.84 Å². The summed E-state index contributed by atoms with van der Waals surface area (Å²) in [5, 5.41) is 0. The number of nitrogens with zero attached hydrogens (tertiary/aromatic N) is 1. The van der Waals surface area contributed by atoms with Crippen molar-refractivity contribution in [2.45, 2.75) is 29.0 Å². The summed E-state index contributed by atoms with van der Waals surface area (Å²) in [5.74, 6) is 0.439. The molecular weight excluding hydrogens is 318 g/mol. The molecule has 2 aromatic carbocycles. The second kappa shape index (κ2) is 4.50. The van der Waals surface area contributed by atoms with Gasteiger partial charge >= 0.3 is 0 Å². The molecule has 0 unspecified atom stereocenters. The topological polar surface area (TPSA) is 37.4 Å². The zero-order chi connectivity index (χ0) is 16.7. The van der Waals surface area contributed by atoms with E-state index in [0.717, 1.165) is 6.42 Å². The number of sulfone groups is 1. The second-order valence-electron chi connectivity index (χ2n) is 7.66. The van der Waals surface area contributed by atoms with Gasteiger partial charge in [-0.05, 0) is 42.8 Å². The fraction of sp³-hybridized carbons (Fsp3) is 0.400. The molecule has 0 N–H and O–H groups in total. The van der Waals surface area contributed by atoms with Crippen LogP contribution in [0.25, 0.3) is 0 Å². The van der Waals surface area contributed by atoms with Crippen LogP contribution < -0.4 is 0 Å². The van der Waals surface area contributed by atoms with Crippen molar-refractivity contribution in [3.05, 3.63) is 70.8 Å². The van der Waals surface area contributed by atoms with Gasteiger partial charge in [-0.15, -0.1) is 0 Å². The standard InChI is InChI=1S/C20H21NO2S/c1-21(2)18-12-24(22,23)20(18)11-17-13-7-3-5-9-15(13)19(20)16-10-6-4-8-14(16)17/h3-10,17-19H,11-12H2,1-2H3/t17?,18-,19?,20-/m1/s1. The summed E-state index contributed by atoms with van der Waals surface area (Å²) < 4.78 is 25.5. The van der Waals surface area contributed by atoms with E-state index in [-0.39, 0.29) is 23.6 Å². The molecule has 1 fully saturated rings. The molecular formula is C20H21NO2S. The van der Waals surface area contributed by atoms with Gasteiger partial charge in [0.05, 0.1) is 5.75 Å². The minimum atomic E-state index is -3.10. The van der Waals surface area contributed by atoms with E-state index in [9.17, 15) is 8.42 Å². The quantitative estimate of drug-likeness (QED) is 0.802. The van der Waals surface area contributed by atoms with Crippen LogP contribution in [0.4, 0.5) is 0 Å². The molecule has 1 spiro atoms. The van der Waals surface area contributed by atoms with E-state index < -0.39 is 14.6 Å². The highest BCUT2D eigenvalue weighted by molar-refractivity contribution is 7.94. The molecule has 3 aliphatic carbocycles. The van der Waals surface area contributed by atoms with Crippen molar-refractivity contribution in [2.24, 2.45) is 0 Å². The minimum Gasteiger partial charge on any atom is -0.304 e. The Morgan fingerprint density at radius 3 is 1.88 bits per heavy atom. The zero-order valence-electron chi connectivity index (χ0n) is 13.9. The van der Waals surface area contributed by atoms with Crippen LogP contribution >= 0.6 is 0 Å². The summed E-state index contributed by atoms with van der Waals surface area (Å²) in [5.41, 5.74) is 5.10. The summed E-state index contributed by atoms with van der Waals surface area (Å²) in [6.07, 6.45) is 0.719. The molecule has 0 saturated carbocycles. The largest absolute Gasteiger partial charge is 0.304 e. The Morgan fingerprint density at radius 2 is 1.42 bits per heavy atom. The van der Waals surface area contributed by atoms with Crippen molar-refractivity contribution in [2.75, 3.05) is 19.8 Å². The molecule has 2 bridgehead atoms.